The molecule has 28 heavy (non-hydrogen) atoms. The molecule has 0 aromatic heterocycles. The van der Waals surface area contributed by atoms with Gasteiger partial charge in [0.25, 0.3) is 11.8 Å². The Bertz CT molecular complexity index is 857. The second-order valence-corrected chi connectivity index (χ2v) is 7.23. The van der Waals surface area contributed by atoms with Crippen LogP contribution in [0.3, 0.4) is 0 Å². The zero-order chi connectivity index (χ0) is 20.7. The molecule has 0 atom stereocenters. The number of ether oxygens (including phenoxy) is 1. The van der Waals surface area contributed by atoms with Crippen molar-refractivity contribution in [1.29, 1.82) is 0 Å². The highest BCUT2D eigenvalue weighted by molar-refractivity contribution is 5.96. The monoisotopic (exact) mass is 386 g/mol. The van der Waals surface area contributed by atoms with E-state index in [2.05, 4.69) is 31.4 Å². The molecule has 0 spiro atoms. The summed E-state index contributed by atoms with van der Waals surface area (Å²) in [4.78, 5) is 35.4. The van der Waals surface area contributed by atoms with Crippen LogP contribution in [-0.4, -0.2) is 30.9 Å². The van der Waals surface area contributed by atoms with Crippen molar-refractivity contribution in [2.24, 2.45) is 0 Å². The van der Waals surface area contributed by atoms with E-state index in [0.717, 1.165) is 11.6 Å². The lowest BCUT2D eigenvalue weighted by molar-refractivity contribution is -0.146. The van der Waals surface area contributed by atoms with Crippen LogP contribution in [0.5, 0.6) is 0 Å². The quantitative estimate of drug-likeness (QED) is 0.748. The molecule has 2 N–H and O–H groups in total. The van der Waals surface area contributed by atoms with Crippen molar-refractivity contribution >= 4 is 23.5 Å². The molecule has 0 bridgehead atoms. The molecule has 0 fully saturated rings. The van der Waals surface area contributed by atoms with Crippen LogP contribution in [0, 0.1) is 5.82 Å². The molecule has 148 valence electrons. The topological polar surface area (TPSA) is 84.5 Å². The summed E-state index contributed by atoms with van der Waals surface area (Å²) in [5.74, 6) is -2.43. The fourth-order valence-electron chi connectivity index (χ4n) is 2.33. The first-order chi connectivity index (χ1) is 13.1. The fraction of sp³-hybridized carbons (Fsp3) is 0.286. The molecule has 0 saturated heterocycles. The molecule has 0 aliphatic carbocycles. The first kappa shape index (κ1) is 21.1. The number of benzene rings is 2. The second kappa shape index (κ2) is 9.12. The molecule has 2 aromatic rings. The van der Waals surface area contributed by atoms with Crippen LogP contribution >= 0.6 is 0 Å². The van der Waals surface area contributed by atoms with E-state index in [4.69, 9.17) is 4.74 Å². The van der Waals surface area contributed by atoms with E-state index in [-0.39, 0.29) is 11.0 Å². The van der Waals surface area contributed by atoms with Crippen LogP contribution in [0.15, 0.2) is 48.5 Å². The van der Waals surface area contributed by atoms with Gasteiger partial charge in [0, 0.05) is 11.3 Å². The Morgan fingerprint density at radius 2 is 1.71 bits per heavy atom. The third-order valence-corrected chi connectivity index (χ3v) is 3.88. The van der Waals surface area contributed by atoms with Gasteiger partial charge in [-0.1, -0.05) is 39.0 Å². The number of halogens is 1. The Morgan fingerprint density at radius 1 is 1.04 bits per heavy atom. The zero-order valence-corrected chi connectivity index (χ0v) is 16.0. The Morgan fingerprint density at radius 3 is 2.32 bits per heavy atom. The highest BCUT2D eigenvalue weighted by Gasteiger charge is 2.14. The third kappa shape index (κ3) is 6.50. The van der Waals surface area contributed by atoms with Crippen LogP contribution in [-0.2, 0) is 19.7 Å². The van der Waals surface area contributed by atoms with Crippen LogP contribution in [0.25, 0.3) is 0 Å². The van der Waals surface area contributed by atoms with Crippen molar-refractivity contribution in [3.05, 3.63) is 65.5 Å². The molecule has 0 aliphatic heterocycles. The Balaban J connectivity index is 1.75. The number of nitrogens with one attached hydrogen (secondary N) is 2. The van der Waals surface area contributed by atoms with Crippen LogP contribution in [0.4, 0.5) is 10.1 Å². The number of esters is 1. The number of carbonyl (C=O) groups is 3. The summed E-state index contributed by atoms with van der Waals surface area (Å²) < 4.78 is 17.9. The van der Waals surface area contributed by atoms with Gasteiger partial charge in [-0.05, 0) is 41.3 Å². The highest BCUT2D eigenvalue weighted by Crippen LogP contribution is 2.23. The largest absolute Gasteiger partial charge is 0.454 e. The van der Waals surface area contributed by atoms with Gasteiger partial charge in [0.15, 0.2) is 6.61 Å². The van der Waals surface area contributed by atoms with Gasteiger partial charge in [-0.2, -0.15) is 0 Å². The van der Waals surface area contributed by atoms with Crippen molar-refractivity contribution in [2.75, 3.05) is 18.5 Å². The second-order valence-electron chi connectivity index (χ2n) is 7.23. The normalized spacial score (nSPS) is 10.9. The minimum Gasteiger partial charge on any atom is -0.454 e. The molecule has 2 amide bonds. The lowest BCUT2D eigenvalue weighted by Gasteiger charge is -2.19. The van der Waals surface area contributed by atoms with E-state index < -0.39 is 36.8 Å². The summed E-state index contributed by atoms with van der Waals surface area (Å²) in [5, 5.41) is 4.94. The zero-order valence-electron chi connectivity index (χ0n) is 16.0. The molecular weight excluding hydrogens is 363 g/mol. The van der Waals surface area contributed by atoms with E-state index in [0.29, 0.717) is 5.69 Å². The maximum atomic E-state index is 13.1. The summed E-state index contributed by atoms with van der Waals surface area (Å²) in [7, 11) is 0. The SMILES string of the molecule is CC(C)(C)c1ccc(NC(=O)COC(=O)CNC(=O)c2cccc(F)c2)cc1. The standard InChI is InChI=1S/C21H23FN2O4/c1-21(2,3)15-7-9-17(10-8-15)24-18(25)13-28-19(26)12-23-20(27)14-5-4-6-16(22)11-14/h4-11H,12-13H2,1-3H3,(H,23,27)(H,24,25). The predicted molar refractivity (Wildman–Crippen MR) is 103 cm³/mol. The molecule has 2 aromatic carbocycles. The van der Waals surface area contributed by atoms with Crippen molar-refractivity contribution in [3.63, 3.8) is 0 Å². The Labute approximate surface area is 163 Å². The van der Waals surface area contributed by atoms with Gasteiger partial charge < -0.3 is 15.4 Å². The molecule has 0 radical (unpaired) electrons. The number of carbonyl (C=O) groups excluding carboxylic acids is 3. The van der Waals surface area contributed by atoms with Crippen molar-refractivity contribution in [1.82, 2.24) is 5.32 Å². The van der Waals surface area contributed by atoms with Crippen LogP contribution in [0.2, 0.25) is 0 Å². The molecule has 0 unspecified atom stereocenters. The summed E-state index contributed by atoms with van der Waals surface area (Å²) in [6, 6.07) is 12.5. The Hall–Kier alpha value is -3.22. The third-order valence-electron chi connectivity index (χ3n) is 3.88. The highest BCUT2D eigenvalue weighted by atomic mass is 19.1. The van der Waals surface area contributed by atoms with E-state index in [9.17, 15) is 18.8 Å². The van der Waals surface area contributed by atoms with E-state index in [1.807, 2.05) is 12.1 Å². The molecule has 6 nitrogen and oxygen atoms in total. The summed E-state index contributed by atoms with van der Waals surface area (Å²) in [6.45, 7) is 5.37. The van der Waals surface area contributed by atoms with Crippen LogP contribution < -0.4 is 10.6 Å². The smallest absolute Gasteiger partial charge is 0.325 e. The molecule has 0 aliphatic rings. The van der Waals surface area contributed by atoms with Gasteiger partial charge in [-0.3, -0.25) is 14.4 Å². The summed E-state index contributed by atoms with van der Waals surface area (Å²) in [5.41, 5.74) is 1.82. The van der Waals surface area contributed by atoms with Gasteiger partial charge in [0.2, 0.25) is 0 Å². The van der Waals surface area contributed by atoms with Gasteiger partial charge in [-0.15, -0.1) is 0 Å². The average Bonchev–Trinajstić information content (AvgIpc) is 2.64. The summed E-state index contributed by atoms with van der Waals surface area (Å²) >= 11 is 0. The van der Waals surface area contributed by atoms with E-state index >= 15 is 0 Å². The summed E-state index contributed by atoms with van der Waals surface area (Å²) in [6.07, 6.45) is 0. The lowest BCUT2D eigenvalue weighted by atomic mass is 9.87. The maximum absolute atomic E-state index is 13.1. The minimum absolute atomic E-state index is 0.00796. The molecule has 2 rings (SSSR count). The minimum atomic E-state index is -0.775. The maximum Gasteiger partial charge on any atom is 0.325 e. The average molecular weight is 386 g/mol. The van der Waals surface area contributed by atoms with Gasteiger partial charge in [0.1, 0.15) is 12.4 Å². The number of amides is 2. The lowest BCUT2D eigenvalue weighted by Crippen LogP contribution is -2.32. The van der Waals surface area contributed by atoms with E-state index in [1.54, 1.807) is 12.1 Å². The number of rotatable bonds is 6. The fourth-order valence-corrected chi connectivity index (χ4v) is 2.33. The number of hydrogen-bond donors (Lipinski definition) is 2. The molecule has 0 saturated carbocycles. The van der Waals surface area contributed by atoms with Gasteiger partial charge >= 0.3 is 5.97 Å². The van der Waals surface area contributed by atoms with Crippen molar-refractivity contribution in [3.8, 4) is 0 Å². The molecule has 0 heterocycles. The number of anilines is 1. The first-order valence-electron chi connectivity index (χ1n) is 8.75. The van der Waals surface area contributed by atoms with Gasteiger partial charge in [-0.25, -0.2) is 4.39 Å². The van der Waals surface area contributed by atoms with E-state index in [1.165, 1.54) is 18.2 Å². The van der Waals surface area contributed by atoms with Crippen molar-refractivity contribution < 1.29 is 23.5 Å². The predicted octanol–water partition coefficient (Wildman–Crippen LogP) is 3.03. The van der Waals surface area contributed by atoms with Crippen molar-refractivity contribution in [2.45, 2.75) is 26.2 Å². The molecule has 7 heteroatoms. The number of hydrogen-bond acceptors (Lipinski definition) is 4. The molecular formula is C21H23FN2O4. The van der Waals surface area contributed by atoms with Crippen LogP contribution in [0.1, 0.15) is 36.7 Å². The first-order valence-corrected chi connectivity index (χ1v) is 8.75. The van der Waals surface area contributed by atoms with Gasteiger partial charge in [0.05, 0.1) is 0 Å². The Kier molecular flexibility index (Phi) is 6.87.